The van der Waals surface area contributed by atoms with Crippen molar-refractivity contribution in [1.82, 2.24) is 5.32 Å². The first-order chi connectivity index (χ1) is 9.63. The molecule has 1 rings (SSSR count). The molecule has 0 spiro atoms. The van der Waals surface area contributed by atoms with E-state index >= 15 is 0 Å². The molecule has 0 saturated heterocycles. The number of hydrogen-bond acceptors (Lipinski definition) is 2. The molecular formula is C18H31NS. The highest BCUT2D eigenvalue weighted by molar-refractivity contribution is 7.98. The van der Waals surface area contributed by atoms with Crippen molar-refractivity contribution in [3.63, 3.8) is 0 Å². The van der Waals surface area contributed by atoms with Crippen LogP contribution >= 0.6 is 11.8 Å². The lowest BCUT2D eigenvalue weighted by atomic mass is 10.0. The minimum absolute atomic E-state index is 0.460. The fraction of sp³-hybridized carbons (Fsp3) is 0.667. The van der Waals surface area contributed by atoms with E-state index in [1.54, 1.807) is 11.8 Å². The Morgan fingerprint density at radius 2 is 1.60 bits per heavy atom. The maximum Gasteiger partial charge on any atom is 0.0291 e. The van der Waals surface area contributed by atoms with Crippen LogP contribution in [0.25, 0.3) is 0 Å². The summed E-state index contributed by atoms with van der Waals surface area (Å²) in [4.78, 5) is 1.34. The summed E-state index contributed by atoms with van der Waals surface area (Å²) >= 11 is 1.80. The van der Waals surface area contributed by atoms with Gasteiger partial charge in [-0.1, -0.05) is 51.7 Å². The average Bonchev–Trinajstić information content (AvgIpc) is 2.45. The third-order valence-electron chi connectivity index (χ3n) is 3.77. The first-order valence-electron chi connectivity index (χ1n) is 8.00. The van der Waals surface area contributed by atoms with E-state index in [0.29, 0.717) is 6.04 Å². The van der Waals surface area contributed by atoms with Gasteiger partial charge < -0.3 is 5.32 Å². The van der Waals surface area contributed by atoms with Crippen molar-refractivity contribution in [2.75, 3.05) is 12.8 Å². The summed E-state index contributed by atoms with van der Waals surface area (Å²) in [5.74, 6) is 0.859. The van der Waals surface area contributed by atoms with Crippen molar-refractivity contribution < 1.29 is 0 Å². The Kier molecular flexibility index (Phi) is 9.04. The van der Waals surface area contributed by atoms with Crippen LogP contribution in [0.1, 0.15) is 64.5 Å². The molecular weight excluding hydrogens is 262 g/mol. The van der Waals surface area contributed by atoms with Gasteiger partial charge >= 0.3 is 0 Å². The summed E-state index contributed by atoms with van der Waals surface area (Å²) in [5, 5.41) is 3.63. The van der Waals surface area contributed by atoms with Crippen LogP contribution in [0.15, 0.2) is 29.2 Å². The standard InChI is InChI=1S/C18H31NS/c1-15(2)9-7-5-6-8-14-19-16(3)17-10-12-18(20-4)13-11-17/h10-13,15-16,19H,5-9,14H2,1-4H3. The van der Waals surface area contributed by atoms with E-state index in [1.165, 1.54) is 42.6 Å². The lowest BCUT2D eigenvalue weighted by Gasteiger charge is -2.14. The van der Waals surface area contributed by atoms with E-state index in [-0.39, 0.29) is 0 Å². The van der Waals surface area contributed by atoms with Crippen molar-refractivity contribution in [1.29, 1.82) is 0 Å². The lowest BCUT2D eigenvalue weighted by Crippen LogP contribution is -2.19. The fourth-order valence-corrected chi connectivity index (χ4v) is 2.77. The first kappa shape index (κ1) is 17.6. The van der Waals surface area contributed by atoms with Gasteiger partial charge in [0.1, 0.15) is 0 Å². The van der Waals surface area contributed by atoms with Crippen LogP contribution in [-0.2, 0) is 0 Å². The molecule has 0 amide bonds. The second kappa shape index (κ2) is 10.3. The Balaban J connectivity index is 2.11. The number of hydrogen-bond donors (Lipinski definition) is 1. The van der Waals surface area contributed by atoms with Crippen LogP contribution in [0, 0.1) is 5.92 Å². The molecule has 1 unspecified atom stereocenters. The van der Waals surface area contributed by atoms with Crippen LogP contribution in [0.5, 0.6) is 0 Å². The molecule has 0 aliphatic rings. The predicted octanol–water partition coefficient (Wildman–Crippen LogP) is 5.67. The van der Waals surface area contributed by atoms with E-state index in [2.05, 4.69) is 56.6 Å². The minimum Gasteiger partial charge on any atom is -0.310 e. The maximum atomic E-state index is 3.63. The summed E-state index contributed by atoms with van der Waals surface area (Å²) in [6.07, 6.45) is 8.94. The molecule has 0 saturated carbocycles. The number of thioether (sulfide) groups is 1. The van der Waals surface area contributed by atoms with Gasteiger partial charge in [-0.3, -0.25) is 0 Å². The minimum atomic E-state index is 0.460. The average molecular weight is 294 g/mol. The molecule has 114 valence electrons. The van der Waals surface area contributed by atoms with E-state index in [9.17, 15) is 0 Å². The molecule has 0 aliphatic carbocycles. The van der Waals surface area contributed by atoms with E-state index < -0.39 is 0 Å². The van der Waals surface area contributed by atoms with Crippen molar-refractivity contribution in [2.45, 2.75) is 63.8 Å². The molecule has 0 bridgehead atoms. The summed E-state index contributed by atoms with van der Waals surface area (Å²) < 4.78 is 0. The molecule has 0 aliphatic heterocycles. The Morgan fingerprint density at radius 1 is 0.950 bits per heavy atom. The topological polar surface area (TPSA) is 12.0 Å². The third-order valence-corrected chi connectivity index (χ3v) is 4.52. The molecule has 20 heavy (non-hydrogen) atoms. The van der Waals surface area contributed by atoms with Crippen LogP contribution in [0.4, 0.5) is 0 Å². The number of rotatable bonds is 10. The van der Waals surface area contributed by atoms with Gasteiger partial charge in [0.25, 0.3) is 0 Å². The number of benzene rings is 1. The second-order valence-corrected chi connectivity index (χ2v) is 6.93. The van der Waals surface area contributed by atoms with Crippen molar-refractivity contribution >= 4 is 11.8 Å². The van der Waals surface area contributed by atoms with E-state index in [1.807, 2.05) is 0 Å². The summed E-state index contributed by atoms with van der Waals surface area (Å²) in [6, 6.07) is 9.37. The maximum absolute atomic E-state index is 3.63. The highest BCUT2D eigenvalue weighted by Crippen LogP contribution is 2.19. The third kappa shape index (κ3) is 7.35. The molecule has 1 N–H and O–H groups in total. The molecule has 1 nitrogen and oxygen atoms in total. The summed E-state index contributed by atoms with van der Waals surface area (Å²) in [6.45, 7) is 8.01. The fourth-order valence-electron chi connectivity index (χ4n) is 2.36. The van der Waals surface area contributed by atoms with Gasteiger partial charge in [-0.25, -0.2) is 0 Å². The van der Waals surface area contributed by atoms with Crippen LogP contribution < -0.4 is 5.32 Å². The van der Waals surface area contributed by atoms with Gasteiger partial charge in [-0.2, -0.15) is 0 Å². The molecule has 1 atom stereocenters. The monoisotopic (exact) mass is 293 g/mol. The molecule has 0 heterocycles. The SMILES string of the molecule is CSc1ccc(C(C)NCCCCCCC(C)C)cc1. The number of unbranched alkanes of at least 4 members (excludes halogenated alkanes) is 3. The Bertz CT molecular complexity index is 345. The molecule has 2 heteroatoms. The summed E-state index contributed by atoms with van der Waals surface area (Å²) in [7, 11) is 0. The van der Waals surface area contributed by atoms with Gasteiger partial charge in [0.15, 0.2) is 0 Å². The Hall–Kier alpha value is -0.470. The zero-order chi connectivity index (χ0) is 14.8. The zero-order valence-electron chi connectivity index (χ0n) is 13.6. The smallest absolute Gasteiger partial charge is 0.0291 e. The second-order valence-electron chi connectivity index (χ2n) is 6.05. The first-order valence-corrected chi connectivity index (χ1v) is 9.23. The van der Waals surface area contributed by atoms with E-state index in [0.717, 1.165) is 12.5 Å². The van der Waals surface area contributed by atoms with Crippen molar-refractivity contribution in [2.24, 2.45) is 5.92 Å². The summed E-state index contributed by atoms with van der Waals surface area (Å²) in [5.41, 5.74) is 1.39. The quantitative estimate of drug-likeness (QED) is 0.441. The van der Waals surface area contributed by atoms with Crippen LogP contribution in [0.3, 0.4) is 0 Å². The van der Waals surface area contributed by atoms with Gasteiger partial charge in [-0.15, -0.1) is 11.8 Å². The zero-order valence-corrected chi connectivity index (χ0v) is 14.4. The van der Waals surface area contributed by atoms with Gasteiger partial charge in [0, 0.05) is 10.9 Å². The van der Waals surface area contributed by atoms with Crippen LogP contribution in [0.2, 0.25) is 0 Å². The van der Waals surface area contributed by atoms with Gasteiger partial charge in [0.05, 0.1) is 0 Å². The highest BCUT2D eigenvalue weighted by atomic mass is 32.2. The van der Waals surface area contributed by atoms with Crippen LogP contribution in [-0.4, -0.2) is 12.8 Å². The molecule has 1 aromatic rings. The Morgan fingerprint density at radius 3 is 2.20 bits per heavy atom. The molecule has 1 aromatic carbocycles. The Labute approximate surface area is 129 Å². The predicted molar refractivity (Wildman–Crippen MR) is 92.6 cm³/mol. The van der Waals surface area contributed by atoms with E-state index in [4.69, 9.17) is 0 Å². The lowest BCUT2D eigenvalue weighted by molar-refractivity contribution is 0.498. The molecule has 0 fully saturated rings. The normalized spacial score (nSPS) is 12.8. The van der Waals surface area contributed by atoms with Crippen molar-refractivity contribution in [3.8, 4) is 0 Å². The number of nitrogens with one attached hydrogen (secondary N) is 1. The van der Waals surface area contributed by atoms with Crippen molar-refractivity contribution in [3.05, 3.63) is 29.8 Å². The molecule has 0 aromatic heterocycles. The highest BCUT2D eigenvalue weighted by Gasteiger charge is 2.04. The largest absolute Gasteiger partial charge is 0.310 e. The van der Waals surface area contributed by atoms with Gasteiger partial charge in [-0.05, 0) is 49.8 Å². The van der Waals surface area contributed by atoms with Gasteiger partial charge in [0.2, 0.25) is 0 Å². The molecule has 0 radical (unpaired) electrons.